The Bertz CT molecular complexity index is 1160. The number of morpholine rings is 1. The summed E-state index contributed by atoms with van der Waals surface area (Å²) in [5.74, 6) is 1.39. The van der Waals surface area contributed by atoms with Gasteiger partial charge in [0.15, 0.2) is 5.82 Å². The molecule has 2 aromatic heterocycles. The van der Waals surface area contributed by atoms with Crippen molar-refractivity contribution in [2.45, 2.75) is 19.4 Å². The molecule has 0 saturated carbocycles. The fourth-order valence-electron chi connectivity index (χ4n) is 4.04. The zero-order valence-corrected chi connectivity index (χ0v) is 18.1. The molecule has 1 fully saturated rings. The summed E-state index contributed by atoms with van der Waals surface area (Å²) in [5.41, 5.74) is 3.15. The molecule has 1 unspecified atom stereocenters. The van der Waals surface area contributed by atoms with Crippen LogP contribution in [-0.2, 0) is 16.6 Å². The molecule has 3 aromatic rings. The van der Waals surface area contributed by atoms with Crippen LogP contribution in [0.2, 0.25) is 5.02 Å². The molecule has 5 rings (SSSR count). The summed E-state index contributed by atoms with van der Waals surface area (Å²) in [6, 6.07) is 7.00. The van der Waals surface area contributed by atoms with Crippen molar-refractivity contribution in [1.82, 2.24) is 29.4 Å². The van der Waals surface area contributed by atoms with Crippen LogP contribution in [0.4, 0.5) is 0 Å². The summed E-state index contributed by atoms with van der Waals surface area (Å²) in [6.07, 6.45) is 2.12. The first-order chi connectivity index (χ1) is 15.0. The lowest BCUT2D eigenvalue weighted by atomic mass is 10.1. The van der Waals surface area contributed by atoms with E-state index in [2.05, 4.69) is 15.3 Å². The second-order valence-electron chi connectivity index (χ2n) is 7.68. The van der Waals surface area contributed by atoms with Crippen LogP contribution >= 0.6 is 11.6 Å². The molecule has 10 heteroatoms. The minimum atomic E-state index is -0.485. The van der Waals surface area contributed by atoms with E-state index in [0.717, 1.165) is 22.8 Å². The maximum atomic E-state index is 13.1. The van der Waals surface area contributed by atoms with Gasteiger partial charge in [-0.25, -0.2) is 0 Å². The van der Waals surface area contributed by atoms with E-state index in [1.807, 2.05) is 53.9 Å². The molecule has 0 N–H and O–H groups in total. The highest BCUT2D eigenvalue weighted by atomic mass is 35.5. The summed E-state index contributed by atoms with van der Waals surface area (Å²) in [6.45, 7) is 4.19. The highest BCUT2D eigenvalue weighted by Crippen LogP contribution is 2.32. The third kappa shape index (κ3) is 3.64. The van der Waals surface area contributed by atoms with Gasteiger partial charge in [-0.1, -0.05) is 23.7 Å². The van der Waals surface area contributed by atoms with E-state index in [9.17, 15) is 4.79 Å². The molecule has 9 nitrogen and oxygen atoms in total. The quantitative estimate of drug-likeness (QED) is 0.623. The molecule has 1 amide bonds. The van der Waals surface area contributed by atoms with Crippen LogP contribution in [0.25, 0.3) is 5.69 Å². The fraction of sp³-hybridized carbons (Fsp3) is 0.381. The molecule has 160 valence electrons. The Kier molecular flexibility index (Phi) is 5.07. The smallest absolute Gasteiger partial charge is 0.225 e. The minimum absolute atomic E-state index is 0.0276. The van der Waals surface area contributed by atoms with Crippen molar-refractivity contribution in [3.05, 3.63) is 58.4 Å². The van der Waals surface area contributed by atoms with E-state index in [4.69, 9.17) is 21.3 Å². The first-order valence-electron chi connectivity index (χ1n) is 10.2. The molecule has 0 radical (unpaired) electrons. The summed E-state index contributed by atoms with van der Waals surface area (Å²) >= 11 is 6.10. The molecular formula is C21H22ClN7O2. The number of aromatic nitrogens is 5. The zero-order valence-electron chi connectivity index (χ0n) is 17.3. The predicted molar refractivity (Wildman–Crippen MR) is 115 cm³/mol. The maximum absolute atomic E-state index is 13.1. The molecule has 4 heterocycles. The number of rotatable bonds is 3. The van der Waals surface area contributed by atoms with Gasteiger partial charge in [0.25, 0.3) is 0 Å². The number of aryl methyl sites for hydroxylation is 2. The summed E-state index contributed by atoms with van der Waals surface area (Å²) in [4.78, 5) is 19.9. The SMILES string of the molecule is Cc1nnc2n1-c1cn(C)nc1C(c1ccc(Cl)cc1)=NC2CC(=O)N1CCOCC1. The highest BCUT2D eigenvalue weighted by Gasteiger charge is 2.32. The highest BCUT2D eigenvalue weighted by molar-refractivity contribution is 6.30. The van der Waals surface area contributed by atoms with Gasteiger partial charge in [-0.2, -0.15) is 5.10 Å². The molecule has 1 aromatic carbocycles. The van der Waals surface area contributed by atoms with Crippen LogP contribution in [0.3, 0.4) is 0 Å². The van der Waals surface area contributed by atoms with Crippen molar-refractivity contribution in [3.63, 3.8) is 0 Å². The van der Waals surface area contributed by atoms with Crippen LogP contribution in [0.1, 0.15) is 35.4 Å². The first-order valence-corrected chi connectivity index (χ1v) is 10.5. The van der Waals surface area contributed by atoms with Crippen LogP contribution in [0.5, 0.6) is 0 Å². The van der Waals surface area contributed by atoms with Crippen LogP contribution in [-0.4, -0.2) is 67.4 Å². The molecule has 0 aliphatic carbocycles. The Morgan fingerprint density at radius 3 is 2.68 bits per heavy atom. The Morgan fingerprint density at radius 1 is 1.19 bits per heavy atom. The van der Waals surface area contributed by atoms with Gasteiger partial charge in [-0.15, -0.1) is 10.2 Å². The third-order valence-electron chi connectivity index (χ3n) is 5.56. The van der Waals surface area contributed by atoms with E-state index in [1.54, 1.807) is 4.68 Å². The number of benzene rings is 1. The van der Waals surface area contributed by atoms with Crippen LogP contribution < -0.4 is 0 Å². The average Bonchev–Trinajstić information content (AvgIpc) is 3.31. The second kappa shape index (κ2) is 7.90. The summed E-state index contributed by atoms with van der Waals surface area (Å²) in [5, 5.41) is 14.0. The van der Waals surface area contributed by atoms with Crippen molar-refractivity contribution >= 4 is 23.2 Å². The molecule has 1 saturated heterocycles. The van der Waals surface area contributed by atoms with Crippen molar-refractivity contribution in [1.29, 1.82) is 0 Å². The number of fused-ring (bicyclic) bond motifs is 3. The van der Waals surface area contributed by atoms with Gasteiger partial charge in [0.1, 0.15) is 17.6 Å². The van der Waals surface area contributed by atoms with Crippen molar-refractivity contribution in [3.8, 4) is 5.69 Å². The van der Waals surface area contributed by atoms with Crippen LogP contribution in [0.15, 0.2) is 35.5 Å². The lowest BCUT2D eigenvalue weighted by Crippen LogP contribution is -2.41. The van der Waals surface area contributed by atoms with E-state index < -0.39 is 6.04 Å². The third-order valence-corrected chi connectivity index (χ3v) is 5.81. The Morgan fingerprint density at radius 2 is 1.94 bits per heavy atom. The number of hydrogen-bond donors (Lipinski definition) is 0. The Balaban J connectivity index is 1.62. The number of hydrogen-bond acceptors (Lipinski definition) is 6. The fourth-order valence-corrected chi connectivity index (χ4v) is 4.16. The Labute approximate surface area is 184 Å². The standard InChI is InChI=1S/C21H22ClN7O2/c1-13-24-25-21-16(11-18(30)28-7-9-31-10-8-28)23-19(14-3-5-15(22)6-4-14)20-17(29(13)21)12-27(2)26-20/h3-6,12,16H,7-11H2,1-2H3. The lowest BCUT2D eigenvalue weighted by Gasteiger charge is -2.27. The van der Waals surface area contributed by atoms with Gasteiger partial charge in [0, 0.05) is 36.9 Å². The maximum Gasteiger partial charge on any atom is 0.225 e. The molecular weight excluding hydrogens is 418 g/mol. The number of amides is 1. The van der Waals surface area contributed by atoms with Gasteiger partial charge in [0.2, 0.25) is 5.91 Å². The average molecular weight is 440 g/mol. The van der Waals surface area contributed by atoms with E-state index in [1.165, 1.54) is 0 Å². The molecule has 1 atom stereocenters. The first kappa shape index (κ1) is 19.9. The molecule has 2 aliphatic heterocycles. The van der Waals surface area contributed by atoms with E-state index >= 15 is 0 Å². The predicted octanol–water partition coefficient (Wildman–Crippen LogP) is 2.10. The molecule has 0 bridgehead atoms. The van der Waals surface area contributed by atoms with Crippen LogP contribution in [0, 0.1) is 6.92 Å². The monoisotopic (exact) mass is 439 g/mol. The number of nitrogens with zero attached hydrogens (tertiary/aromatic N) is 7. The van der Waals surface area contributed by atoms with Gasteiger partial charge in [-0.3, -0.25) is 19.0 Å². The van der Waals surface area contributed by atoms with Gasteiger partial charge in [-0.05, 0) is 19.1 Å². The number of halogens is 1. The normalized spacial score (nSPS) is 18.2. The van der Waals surface area contributed by atoms with Crippen molar-refractivity contribution < 1.29 is 9.53 Å². The van der Waals surface area contributed by atoms with E-state index in [0.29, 0.717) is 42.9 Å². The van der Waals surface area contributed by atoms with Gasteiger partial charge >= 0.3 is 0 Å². The summed E-state index contributed by atoms with van der Waals surface area (Å²) < 4.78 is 9.08. The molecule has 0 spiro atoms. The van der Waals surface area contributed by atoms with Gasteiger partial charge < -0.3 is 9.64 Å². The van der Waals surface area contributed by atoms with Gasteiger partial charge in [0.05, 0.1) is 31.0 Å². The lowest BCUT2D eigenvalue weighted by molar-refractivity contribution is -0.135. The number of ether oxygens (including phenoxy) is 1. The minimum Gasteiger partial charge on any atom is -0.378 e. The number of aliphatic imine (C=N–C) groups is 1. The van der Waals surface area contributed by atoms with Crippen molar-refractivity contribution in [2.24, 2.45) is 12.0 Å². The topological polar surface area (TPSA) is 90.4 Å². The summed E-state index contributed by atoms with van der Waals surface area (Å²) in [7, 11) is 1.87. The number of carbonyl (C=O) groups excluding carboxylic acids is 1. The molecule has 2 aliphatic rings. The second-order valence-corrected chi connectivity index (χ2v) is 8.11. The zero-order chi connectivity index (χ0) is 21.5. The Hall–Kier alpha value is -3.04. The van der Waals surface area contributed by atoms with Crippen molar-refractivity contribution in [2.75, 3.05) is 26.3 Å². The molecule has 31 heavy (non-hydrogen) atoms. The largest absolute Gasteiger partial charge is 0.378 e. The van der Waals surface area contributed by atoms with E-state index in [-0.39, 0.29) is 12.3 Å². The number of carbonyl (C=O) groups is 1.